The molecule has 104 valence electrons. The minimum Gasteiger partial charge on any atom is -0.371 e. The van der Waals surface area contributed by atoms with Crippen molar-refractivity contribution in [1.29, 1.82) is 0 Å². The van der Waals surface area contributed by atoms with Crippen molar-refractivity contribution in [3.05, 3.63) is 30.3 Å². The Bertz CT molecular complexity index is 408. The monoisotopic (exact) mass is 260 g/mol. The molecular formula is C16H24N2O. The van der Waals surface area contributed by atoms with E-state index in [1.54, 1.807) is 0 Å². The van der Waals surface area contributed by atoms with Gasteiger partial charge in [0.15, 0.2) is 0 Å². The summed E-state index contributed by atoms with van der Waals surface area (Å²) in [5.41, 5.74) is 6.10. The third-order valence-corrected chi connectivity index (χ3v) is 4.28. The Labute approximate surface area is 115 Å². The number of nitrogens with two attached hydrogens (primary N) is 1. The lowest BCUT2D eigenvalue weighted by molar-refractivity contribution is -0.123. The summed E-state index contributed by atoms with van der Waals surface area (Å²) in [6.07, 6.45) is 6.37. The summed E-state index contributed by atoms with van der Waals surface area (Å²) in [6, 6.07) is 9.89. The summed E-state index contributed by atoms with van der Waals surface area (Å²) in [7, 11) is 0. The summed E-state index contributed by atoms with van der Waals surface area (Å²) < 4.78 is 0. The number of para-hydroxylation sites is 1. The fourth-order valence-electron chi connectivity index (χ4n) is 3.10. The molecular weight excluding hydrogens is 236 g/mol. The normalized spacial score (nSPS) is 26.9. The van der Waals surface area contributed by atoms with E-state index in [9.17, 15) is 4.79 Å². The SMILES string of the molecule is CCCC1CCC(Nc2ccccc2)(C(N)=O)CC1. The van der Waals surface area contributed by atoms with Crippen LogP contribution in [0, 0.1) is 5.92 Å². The number of benzene rings is 1. The van der Waals surface area contributed by atoms with Gasteiger partial charge in [-0.05, 0) is 43.7 Å². The molecule has 3 heteroatoms. The molecule has 0 saturated heterocycles. The Morgan fingerprint density at radius 3 is 2.47 bits per heavy atom. The molecule has 0 aromatic heterocycles. The standard InChI is InChI=1S/C16H24N2O/c1-2-6-13-9-11-16(12-10-13,15(17)19)18-14-7-4-3-5-8-14/h3-5,7-8,13,18H,2,6,9-12H2,1H3,(H2,17,19). The summed E-state index contributed by atoms with van der Waals surface area (Å²) in [4.78, 5) is 11.9. The highest BCUT2D eigenvalue weighted by atomic mass is 16.1. The lowest BCUT2D eigenvalue weighted by Gasteiger charge is -2.39. The maximum Gasteiger partial charge on any atom is 0.243 e. The average Bonchev–Trinajstić information content (AvgIpc) is 2.42. The third-order valence-electron chi connectivity index (χ3n) is 4.28. The van der Waals surface area contributed by atoms with Gasteiger partial charge in [0.2, 0.25) is 5.91 Å². The molecule has 1 aliphatic rings. The Morgan fingerprint density at radius 1 is 1.32 bits per heavy atom. The second-order valence-electron chi connectivity index (χ2n) is 5.67. The minimum absolute atomic E-state index is 0.216. The van der Waals surface area contributed by atoms with Crippen molar-refractivity contribution in [3.63, 3.8) is 0 Å². The smallest absolute Gasteiger partial charge is 0.243 e. The van der Waals surface area contributed by atoms with Crippen molar-refractivity contribution >= 4 is 11.6 Å². The van der Waals surface area contributed by atoms with Crippen molar-refractivity contribution < 1.29 is 4.79 Å². The van der Waals surface area contributed by atoms with E-state index >= 15 is 0 Å². The van der Waals surface area contributed by atoms with Gasteiger partial charge in [-0.1, -0.05) is 38.0 Å². The molecule has 1 aliphatic carbocycles. The Kier molecular flexibility index (Phi) is 4.46. The molecule has 19 heavy (non-hydrogen) atoms. The van der Waals surface area contributed by atoms with Crippen molar-refractivity contribution in [2.75, 3.05) is 5.32 Å². The molecule has 1 aromatic rings. The van der Waals surface area contributed by atoms with Crippen LogP contribution in [0.2, 0.25) is 0 Å². The second-order valence-corrected chi connectivity index (χ2v) is 5.67. The van der Waals surface area contributed by atoms with Gasteiger partial charge in [0, 0.05) is 5.69 Å². The Hall–Kier alpha value is -1.51. The van der Waals surface area contributed by atoms with Gasteiger partial charge >= 0.3 is 0 Å². The first kappa shape index (κ1) is 13.9. The minimum atomic E-state index is -0.550. The number of primary amides is 1. The molecule has 3 N–H and O–H groups in total. The fraction of sp³-hybridized carbons (Fsp3) is 0.562. The number of hydrogen-bond acceptors (Lipinski definition) is 2. The lowest BCUT2D eigenvalue weighted by Crippen LogP contribution is -2.52. The number of amides is 1. The second kappa shape index (κ2) is 6.09. The van der Waals surface area contributed by atoms with E-state index in [4.69, 9.17) is 5.73 Å². The Morgan fingerprint density at radius 2 is 1.95 bits per heavy atom. The molecule has 1 fully saturated rings. The number of hydrogen-bond donors (Lipinski definition) is 2. The number of rotatable bonds is 5. The summed E-state index contributed by atoms with van der Waals surface area (Å²) in [5.74, 6) is 0.543. The van der Waals surface area contributed by atoms with Crippen LogP contribution in [-0.4, -0.2) is 11.4 Å². The third kappa shape index (κ3) is 3.28. The van der Waals surface area contributed by atoms with Gasteiger partial charge < -0.3 is 11.1 Å². The maximum absolute atomic E-state index is 11.9. The first-order valence-electron chi connectivity index (χ1n) is 7.29. The van der Waals surface area contributed by atoms with Crippen molar-refractivity contribution in [2.24, 2.45) is 11.7 Å². The largest absolute Gasteiger partial charge is 0.371 e. The van der Waals surface area contributed by atoms with Crippen LogP contribution in [0.15, 0.2) is 30.3 Å². The molecule has 1 aromatic carbocycles. The molecule has 0 unspecified atom stereocenters. The summed E-state index contributed by atoms with van der Waals surface area (Å²) >= 11 is 0. The van der Waals surface area contributed by atoms with E-state index in [1.165, 1.54) is 12.8 Å². The summed E-state index contributed by atoms with van der Waals surface area (Å²) in [5, 5.41) is 3.38. The van der Waals surface area contributed by atoms with Gasteiger partial charge in [-0.3, -0.25) is 4.79 Å². The van der Waals surface area contributed by atoms with Crippen LogP contribution in [0.3, 0.4) is 0 Å². The maximum atomic E-state index is 11.9. The van der Waals surface area contributed by atoms with Gasteiger partial charge in [-0.2, -0.15) is 0 Å². The first-order valence-corrected chi connectivity index (χ1v) is 7.29. The molecule has 0 aliphatic heterocycles. The molecule has 1 amide bonds. The molecule has 3 nitrogen and oxygen atoms in total. The van der Waals surface area contributed by atoms with E-state index in [1.807, 2.05) is 30.3 Å². The van der Waals surface area contributed by atoms with E-state index in [0.29, 0.717) is 0 Å². The van der Waals surface area contributed by atoms with Gasteiger partial charge in [0.05, 0.1) is 0 Å². The molecule has 0 heterocycles. The summed E-state index contributed by atoms with van der Waals surface area (Å²) in [6.45, 7) is 2.22. The van der Waals surface area contributed by atoms with Gasteiger partial charge in [-0.25, -0.2) is 0 Å². The highest BCUT2D eigenvalue weighted by Gasteiger charge is 2.40. The first-order chi connectivity index (χ1) is 9.16. The van der Waals surface area contributed by atoms with Crippen LogP contribution in [0.4, 0.5) is 5.69 Å². The zero-order chi connectivity index (χ0) is 13.7. The van der Waals surface area contributed by atoms with Gasteiger partial charge in [0.25, 0.3) is 0 Å². The molecule has 0 radical (unpaired) electrons. The van der Waals surface area contributed by atoms with Gasteiger partial charge in [0.1, 0.15) is 5.54 Å². The highest BCUT2D eigenvalue weighted by molar-refractivity contribution is 5.88. The van der Waals surface area contributed by atoms with Crippen molar-refractivity contribution in [1.82, 2.24) is 0 Å². The lowest BCUT2D eigenvalue weighted by atomic mass is 9.74. The number of anilines is 1. The molecule has 0 bridgehead atoms. The van der Waals surface area contributed by atoms with E-state index in [0.717, 1.165) is 37.3 Å². The van der Waals surface area contributed by atoms with Crippen molar-refractivity contribution in [3.8, 4) is 0 Å². The number of carbonyl (C=O) groups is 1. The zero-order valence-electron chi connectivity index (χ0n) is 11.7. The van der Waals surface area contributed by atoms with Crippen LogP contribution in [-0.2, 0) is 4.79 Å². The van der Waals surface area contributed by atoms with Crippen LogP contribution >= 0.6 is 0 Å². The quantitative estimate of drug-likeness (QED) is 0.853. The highest BCUT2D eigenvalue weighted by Crippen LogP contribution is 2.36. The van der Waals surface area contributed by atoms with Crippen LogP contribution in [0.25, 0.3) is 0 Å². The topological polar surface area (TPSA) is 55.1 Å². The van der Waals surface area contributed by atoms with Crippen molar-refractivity contribution in [2.45, 2.75) is 51.0 Å². The number of carbonyl (C=O) groups excluding carboxylic acids is 1. The molecule has 0 atom stereocenters. The fourth-order valence-corrected chi connectivity index (χ4v) is 3.10. The number of nitrogens with one attached hydrogen (secondary N) is 1. The predicted octanol–water partition coefficient (Wildman–Crippen LogP) is 3.31. The average molecular weight is 260 g/mol. The van der Waals surface area contributed by atoms with E-state index in [2.05, 4.69) is 12.2 Å². The van der Waals surface area contributed by atoms with Crippen LogP contribution in [0.1, 0.15) is 45.4 Å². The van der Waals surface area contributed by atoms with Gasteiger partial charge in [-0.15, -0.1) is 0 Å². The Balaban J connectivity index is 2.06. The molecule has 2 rings (SSSR count). The zero-order valence-corrected chi connectivity index (χ0v) is 11.7. The molecule has 0 spiro atoms. The van der Waals surface area contributed by atoms with Crippen LogP contribution in [0.5, 0.6) is 0 Å². The molecule has 1 saturated carbocycles. The predicted molar refractivity (Wildman–Crippen MR) is 78.9 cm³/mol. The van der Waals surface area contributed by atoms with E-state index < -0.39 is 5.54 Å². The van der Waals surface area contributed by atoms with Crippen LogP contribution < -0.4 is 11.1 Å². The van der Waals surface area contributed by atoms with E-state index in [-0.39, 0.29) is 5.91 Å².